The molecule has 6 heteroatoms. The predicted molar refractivity (Wildman–Crippen MR) is 110 cm³/mol. The molecule has 0 saturated heterocycles. The molecule has 5 nitrogen and oxygen atoms in total. The molecule has 0 bridgehead atoms. The number of fused-ring (bicyclic) bond motifs is 3. The Morgan fingerprint density at radius 1 is 1.30 bits per heavy atom. The molecular formula is C21H25N3O2S. The standard InChI is InChI=1S/C21H25N3O2S/c1-12-8-4-6-10-16(12)22-20(25)14(3)24-21(26)18-15-9-5-7-11-17(15)27-19(18)13(2)23-24/h5,7,9,11-12,14,16H,4,6,8,10H2,1-3H3,(H,22,25)/t12-,14+,16+/m0/s1. The van der Waals surface area contributed by atoms with E-state index in [-0.39, 0.29) is 17.5 Å². The maximum absolute atomic E-state index is 13.2. The number of hydrogen-bond acceptors (Lipinski definition) is 4. The van der Waals surface area contributed by atoms with Crippen LogP contribution in [0, 0.1) is 12.8 Å². The molecule has 1 amide bonds. The second-order valence-corrected chi connectivity index (χ2v) is 8.74. The molecule has 2 heterocycles. The quantitative estimate of drug-likeness (QED) is 0.738. The Morgan fingerprint density at radius 2 is 2.04 bits per heavy atom. The highest BCUT2D eigenvalue weighted by atomic mass is 32.1. The maximum atomic E-state index is 13.2. The van der Waals surface area contributed by atoms with Crippen molar-refractivity contribution in [1.29, 1.82) is 0 Å². The van der Waals surface area contributed by atoms with Crippen LogP contribution in [0.5, 0.6) is 0 Å². The van der Waals surface area contributed by atoms with E-state index in [4.69, 9.17) is 0 Å². The van der Waals surface area contributed by atoms with E-state index in [9.17, 15) is 9.59 Å². The van der Waals surface area contributed by atoms with Crippen molar-refractivity contribution in [2.24, 2.45) is 5.92 Å². The molecule has 0 aliphatic heterocycles. The third-order valence-corrected chi connectivity index (χ3v) is 7.07. The van der Waals surface area contributed by atoms with Crippen LogP contribution in [0.4, 0.5) is 0 Å². The van der Waals surface area contributed by atoms with E-state index in [1.165, 1.54) is 11.1 Å². The van der Waals surface area contributed by atoms with Crippen molar-refractivity contribution >= 4 is 37.4 Å². The number of aryl methyl sites for hydroxylation is 1. The largest absolute Gasteiger partial charge is 0.351 e. The molecule has 1 saturated carbocycles. The van der Waals surface area contributed by atoms with Gasteiger partial charge in [-0.15, -0.1) is 11.3 Å². The normalized spacial score (nSPS) is 21.4. The zero-order valence-corrected chi connectivity index (χ0v) is 16.8. The van der Waals surface area contributed by atoms with Crippen LogP contribution in [-0.4, -0.2) is 21.7 Å². The molecule has 1 aliphatic carbocycles. The van der Waals surface area contributed by atoms with Gasteiger partial charge in [-0.3, -0.25) is 9.59 Å². The summed E-state index contributed by atoms with van der Waals surface area (Å²) in [6.45, 7) is 5.85. The first kappa shape index (κ1) is 18.2. The number of thiophene rings is 1. The first-order valence-corrected chi connectivity index (χ1v) is 10.5. The number of carbonyl (C=O) groups is 1. The minimum Gasteiger partial charge on any atom is -0.351 e. The summed E-state index contributed by atoms with van der Waals surface area (Å²) in [4.78, 5) is 26.0. The van der Waals surface area contributed by atoms with Crippen LogP contribution in [-0.2, 0) is 4.79 Å². The molecule has 2 aromatic heterocycles. The average molecular weight is 384 g/mol. The lowest BCUT2D eigenvalue weighted by atomic mass is 9.86. The number of benzene rings is 1. The Bertz CT molecular complexity index is 1070. The molecule has 3 aromatic rings. The topological polar surface area (TPSA) is 64.0 Å². The second-order valence-electron chi connectivity index (χ2n) is 7.69. The highest BCUT2D eigenvalue weighted by Crippen LogP contribution is 2.33. The Hall–Kier alpha value is -2.21. The Kier molecular flexibility index (Phi) is 4.76. The molecule has 3 atom stereocenters. The van der Waals surface area contributed by atoms with Gasteiger partial charge in [0, 0.05) is 16.1 Å². The van der Waals surface area contributed by atoms with Gasteiger partial charge in [-0.1, -0.05) is 38.0 Å². The van der Waals surface area contributed by atoms with E-state index in [1.54, 1.807) is 18.3 Å². The minimum absolute atomic E-state index is 0.123. The number of nitrogens with zero attached hydrogens (tertiary/aromatic N) is 2. The molecule has 1 aromatic carbocycles. The van der Waals surface area contributed by atoms with E-state index >= 15 is 0 Å². The zero-order valence-electron chi connectivity index (χ0n) is 16.0. The lowest BCUT2D eigenvalue weighted by Gasteiger charge is -2.30. The Morgan fingerprint density at radius 3 is 2.81 bits per heavy atom. The highest BCUT2D eigenvalue weighted by molar-refractivity contribution is 7.26. The summed E-state index contributed by atoms with van der Waals surface area (Å²) in [5.74, 6) is 0.353. The van der Waals surface area contributed by atoms with Gasteiger partial charge in [0.15, 0.2) is 0 Å². The monoisotopic (exact) mass is 383 g/mol. The van der Waals surface area contributed by atoms with Crippen LogP contribution in [0.1, 0.15) is 51.3 Å². The molecule has 1 fully saturated rings. The molecule has 0 radical (unpaired) electrons. The van der Waals surface area contributed by atoms with Gasteiger partial charge >= 0.3 is 0 Å². The van der Waals surface area contributed by atoms with Gasteiger partial charge in [-0.25, -0.2) is 4.68 Å². The number of aromatic nitrogens is 2. The van der Waals surface area contributed by atoms with Crippen molar-refractivity contribution in [1.82, 2.24) is 15.1 Å². The van der Waals surface area contributed by atoms with Crippen molar-refractivity contribution < 1.29 is 4.79 Å². The van der Waals surface area contributed by atoms with Gasteiger partial charge in [-0.05, 0) is 38.7 Å². The van der Waals surface area contributed by atoms with Crippen molar-refractivity contribution in [3.63, 3.8) is 0 Å². The van der Waals surface area contributed by atoms with Crippen LogP contribution < -0.4 is 10.9 Å². The Balaban J connectivity index is 1.72. The summed E-state index contributed by atoms with van der Waals surface area (Å²) in [6.07, 6.45) is 4.53. The number of amides is 1. The van der Waals surface area contributed by atoms with Crippen molar-refractivity contribution in [3.8, 4) is 0 Å². The van der Waals surface area contributed by atoms with Crippen molar-refractivity contribution in [2.45, 2.75) is 58.5 Å². The fourth-order valence-electron chi connectivity index (χ4n) is 4.09. The second kappa shape index (κ2) is 7.08. The summed E-state index contributed by atoms with van der Waals surface area (Å²) < 4.78 is 3.34. The van der Waals surface area contributed by atoms with Crippen molar-refractivity contribution in [3.05, 3.63) is 40.3 Å². The van der Waals surface area contributed by atoms with Gasteiger partial charge in [0.05, 0.1) is 15.8 Å². The van der Waals surface area contributed by atoms with E-state index in [0.29, 0.717) is 11.3 Å². The molecule has 1 N–H and O–H groups in total. The van der Waals surface area contributed by atoms with E-state index in [2.05, 4.69) is 17.3 Å². The smallest absolute Gasteiger partial charge is 0.276 e. The highest BCUT2D eigenvalue weighted by Gasteiger charge is 2.27. The first-order valence-electron chi connectivity index (χ1n) is 9.68. The van der Waals surface area contributed by atoms with E-state index in [0.717, 1.165) is 39.7 Å². The van der Waals surface area contributed by atoms with Gasteiger partial charge in [-0.2, -0.15) is 5.10 Å². The van der Waals surface area contributed by atoms with Gasteiger partial charge in [0.25, 0.3) is 5.56 Å². The third kappa shape index (κ3) is 3.16. The van der Waals surface area contributed by atoms with E-state index < -0.39 is 6.04 Å². The maximum Gasteiger partial charge on any atom is 0.276 e. The fourth-order valence-corrected chi connectivity index (χ4v) is 5.22. The fraction of sp³-hybridized carbons (Fsp3) is 0.476. The summed E-state index contributed by atoms with van der Waals surface area (Å²) in [5.41, 5.74) is 0.601. The third-order valence-electron chi connectivity index (χ3n) is 5.79. The van der Waals surface area contributed by atoms with Crippen LogP contribution in [0.3, 0.4) is 0 Å². The minimum atomic E-state index is -0.631. The average Bonchev–Trinajstić information content (AvgIpc) is 3.06. The first-order chi connectivity index (χ1) is 13.0. The van der Waals surface area contributed by atoms with Crippen molar-refractivity contribution in [2.75, 3.05) is 0 Å². The molecule has 4 rings (SSSR count). The van der Waals surface area contributed by atoms with Crippen LogP contribution in [0.2, 0.25) is 0 Å². The van der Waals surface area contributed by atoms with Crippen LogP contribution in [0.15, 0.2) is 29.1 Å². The van der Waals surface area contributed by atoms with Gasteiger partial charge in [0.2, 0.25) is 5.91 Å². The van der Waals surface area contributed by atoms with Gasteiger partial charge < -0.3 is 5.32 Å². The number of rotatable bonds is 3. The number of hydrogen-bond donors (Lipinski definition) is 1. The molecule has 0 unspecified atom stereocenters. The molecule has 142 valence electrons. The summed E-state index contributed by atoms with van der Waals surface area (Å²) >= 11 is 1.58. The SMILES string of the molecule is Cc1nn([C@H](C)C(=O)N[C@@H]2CCCC[C@@H]2C)c(=O)c2c1sc1ccccc12. The summed E-state index contributed by atoms with van der Waals surface area (Å²) in [7, 11) is 0. The van der Waals surface area contributed by atoms with Gasteiger partial charge in [0.1, 0.15) is 6.04 Å². The number of carbonyl (C=O) groups excluding carboxylic acids is 1. The molecule has 1 aliphatic rings. The van der Waals surface area contributed by atoms with Crippen LogP contribution >= 0.6 is 11.3 Å². The summed E-state index contributed by atoms with van der Waals surface area (Å²) in [5, 5.41) is 9.25. The molecule has 27 heavy (non-hydrogen) atoms. The summed E-state index contributed by atoms with van der Waals surface area (Å²) in [6, 6.07) is 7.46. The lowest BCUT2D eigenvalue weighted by molar-refractivity contribution is -0.125. The molecular weight excluding hydrogens is 358 g/mol. The predicted octanol–water partition coefficient (Wildman–Crippen LogP) is 4.18. The van der Waals surface area contributed by atoms with E-state index in [1.807, 2.05) is 31.2 Å². The molecule has 0 spiro atoms. The lowest BCUT2D eigenvalue weighted by Crippen LogP contribution is -2.45. The zero-order chi connectivity index (χ0) is 19.1. The van der Waals surface area contributed by atoms with Crippen LogP contribution in [0.25, 0.3) is 20.2 Å². The Labute approximate surface area is 162 Å². The number of nitrogens with one attached hydrogen (secondary N) is 1.